The van der Waals surface area contributed by atoms with E-state index in [9.17, 15) is 18.4 Å². The van der Waals surface area contributed by atoms with Crippen molar-refractivity contribution >= 4 is 47.1 Å². The number of primary amides is 2. The maximum atomic E-state index is 12.2. The average Bonchev–Trinajstić information content (AvgIpc) is 2.33. The van der Waals surface area contributed by atoms with Gasteiger partial charge in [-0.1, -0.05) is 29.3 Å². The summed E-state index contributed by atoms with van der Waals surface area (Å²) in [5.41, 5.74) is 7.39. The first kappa shape index (κ1) is 17.0. The molecule has 0 radical (unpaired) electrons. The molecule has 0 aliphatic carbocycles. The van der Waals surface area contributed by atoms with Crippen LogP contribution >= 0.6 is 35.2 Å². The van der Waals surface area contributed by atoms with Crippen molar-refractivity contribution in [2.75, 3.05) is 0 Å². The van der Waals surface area contributed by atoms with Crippen molar-refractivity contribution in [2.24, 2.45) is 11.5 Å². The van der Waals surface area contributed by atoms with E-state index in [2.05, 4.69) is 4.18 Å². The third-order valence-electron chi connectivity index (χ3n) is 2.27. The SMILES string of the molecule is NC(=O)C(OSC(F)F)(C(N)=O)c1ccc(Cl)c(Cl)c1. The van der Waals surface area contributed by atoms with Crippen molar-refractivity contribution in [1.29, 1.82) is 0 Å². The maximum Gasteiger partial charge on any atom is 0.308 e. The number of hydrogen-bond donors (Lipinski definition) is 2. The molecular formula is C10H8Cl2F2N2O3S. The highest BCUT2D eigenvalue weighted by atomic mass is 35.5. The van der Waals surface area contributed by atoms with E-state index >= 15 is 0 Å². The number of halogens is 4. The van der Waals surface area contributed by atoms with Gasteiger partial charge in [0.25, 0.3) is 17.4 Å². The molecule has 0 heterocycles. The van der Waals surface area contributed by atoms with Crippen LogP contribution in [0.5, 0.6) is 0 Å². The highest BCUT2D eigenvalue weighted by Crippen LogP contribution is 2.35. The van der Waals surface area contributed by atoms with E-state index in [4.69, 9.17) is 34.7 Å². The van der Waals surface area contributed by atoms with E-state index < -0.39 is 35.2 Å². The molecule has 0 saturated heterocycles. The van der Waals surface area contributed by atoms with Crippen LogP contribution in [0.2, 0.25) is 10.0 Å². The zero-order chi connectivity index (χ0) is 15.5. The number of alkyl halides is 2. The van der Waals surface area contributed by atoms with E-state index in [0.29, 0.717) is 0 Å². The van der Waals surface area contributed by atoms with Gasteiger partial charge >= 0.3 is 5.76 Å². The normalized spacial score (nSPS) is 11.7. The summed E-state index contributed by atoms with van der Waals surface area (Å²) in [7, 11) is 0. The van der Waals surface area contributed by atoms with Gasteiger partial charge in [0.1, 0.15) is 0 Å². The first-order chi connectivity index (χ1) is 9.21. The summed E-state index contributed by atoms with van der Waals surface area (Å²) in [5.74, 6) is -5.70. The molecule has 20 heavy (non-hydrogen) atoms. The molecule has 5 nitrogen and oxygen atoms in total. The smallest absolute Gasteiger partial charge is 0.308 e. The van der Waals surface area contributed by atoms with E-state index in [0.717, 1.165) is 6.07 Å². The number of carbonyl (C=O) groups excluding carboxylic acids is 2. The molecule has 1 rings (SSSR count). The molecule has 0 fully saturated rings. The second-order valence-electron chi connectivity index (χ2n) is 3.48. The Balaban J connectivity index is 3.37. The highest BCUT2D eigenvalue weighted by molar-refractivity contribution is 7.95. The zero-order valence-corrected chi connectivity index (χ0v) is 11.9. The van der Waals surface area contributed by atoms with Crippen LogP contribution in [0, 0.1) is 0 Å². The van der Waals surface area contributed by atoms with Gasteiger partial charge in [0.05, 0.1) is 22.1 Å². The van der Waals surface area contributed by atoms with Crippen LogP contribution in [0.3, 0.4) is 0 Å². The number of hydrogen-bond acceptors (Lipinski definition) is 4. The van der Waals surface area contributed by atoms with Crippen LogP contribution < -0.4 is 11.5 Å². The lowest BCUT2D eigenvalue weighted by Crippen LogP contribution is -2.52. The van der Waals surface area contributed by atoms with Crippen molar-refractivity contribution in [3.05, 3.63) is 33.8 Å². The molecule has 4 N–H and O–H groups in total. The first-order valence-electron chi connectivity index (χ1n) is 4.89. The predicted octanol–water partition coefficient (Wildman–Crippen LogP) is 2.05. The summed E-state index contributed by atoms with van der Waals surface area (Å²) >= 11 is 11.0. The third-order valence-corrected chi connectivity index (χ3v) is 3.50. The monoisotopic (exact) mass is 344 g/mol. The molecular weight excluding hydrogens is 337 g/mol. The van der Waals surface area contributed by atoms with Crippen LogP contribution in [0.25, 0.3) is 0 Å². The van der Waals surface area contributed by atoms with Gasteiger partial charge in [-0.05, 0) is 12.1 Å². The highest BCUT2D eigenvalue weighted by Gasteiger charge is 2.48. The van der Waals surface area contributed by atoms with Gasteiger partial charge in [0.2, 0.25) is 0 Å². The fourth-order valence-corrected chi connectivity index (χ4v) is 2.14. The average molecular weight is 345 g/mol. The summed E-state index contributed by atoms with van der Waals surface area (Å²) in [6, 6.07) is 3.51. The van der Waals surface area contributed by atoms with Crippen molar-refractivity contribution in [2.45, 2.75) is 11.4 Å². The maximum absolute atomic E-state index is 12.2. The molecule has 0 bridgehead atoms. The molecule has 10 heteroatoms. The van der Waals surface area contributed by atoms with Gasteiger partial charge in [-0.25, -0.2) is 0 Å². The molecule has 110 valence electrons. The van der Waals surface area contributed by atoms with Crippen molar-refractivity contribution in [1.82, 2.24) is 0 Å². The number of benzene rings is 1. The summed E-state index contributed by atoms with van der Waals surface area (Å²) in [4.78, 5) is 23.1. The third kappa shape index (κ3) is 3.32. The standard InChI is InChI=1S/C10H8Cl2F2N2O3S/c11-5-2-1-4(3-6(5)12)10(7(15)17,8(16)18)19-20-9(13)14/h1-3,9H,(H2,15,17)(H2,16,18). The minimum Gasteiger partial charge on any atom is -0.366 e. The lowest BCUT2D eigenvalue weighted by atomic mass is 9.92. The summed E-state index contributed by atoms with van der Waals surface area (Å²) in [6.07, 6.45) is 0. The Bertz CT molecular complexity index is 531. The molecule has 0 saturated carbocycles. The van der Waals surface area contributed by atoms with Crippen LogP contribution in [0.1, 0.15) is 5.56 Å². The van der Waals surface area contributed by atoms with Crippen LogP contribution in [-0.4, -0.2) is 17.6 Å². The number of amides is 2. The fraction of sp³-hybridized carbons (Fsp3) is 0.200. The summed E-state index contributed by atoms with van der Waals surface area (Å²) in [5, 5.41) is 0.0986. The Morgan fingerprint density at radius 3 is 2.15 bits per heavy atom. The number of rotatable bonds is 6. The van der Waals surface area contributed by atoms with Gasteiger partial charge in [-0.2, -0.15) is 8.78 Å². The van der Waals surface area contributed by atoms with Crippen molar-refractivity contribution in [3.63, 3.8) is 0 Å². The van der Waals surface area contributed by atoms with Gasteiger partial charge < -0.3 is 11.5 Å². The molecule has 1 aromatic rings. The number of nitrogens with two attached hydrogens (primary N) is 2. The second kappa shape index (κ2) is 6.57. The number of carbonyl (C=O) groups is 2. The molecule has 0 aliphatic rings. The zero-order valence-electron chi connectivity index (χ0n) is 9.61. The van der Waals surface area contributed by atoms with E-state index in [1.165, 1.54) is 12.1 Å². The van der Waals surface area contributed by atoms with E-state index in [1.807, 2.05) is 0 Å². The molecule has 1 aromatic carbocycles. The van der Waals surface area contributed by atoms with Gasteiger partial charge in [-0.3, -0.25) is 13.8 Å². The molecule has 0 atom stereocenters. The Labute approximate surface area is 126 Å². The summed E-state index contributed by atoms with van der Waals surface area (Å²) < 4.78 is 29.1. The Hall–Kier alpha value is -1.09. The fourth-order valence-electron chi connectivity index (χ4n) is 1.36. The molecule has 0 unspecified atom stereocenters. The van der Waals surface area contributed by atoms with Gasteiger partial charge in [-0.15, -0.1) is 0 Å². The lowest BCUT2D eigenvalue weighted by molar-refractivity contribution is -0.146. The first-order valence-corrected chi connectivity index (χ1v) is 6.46. The van der Waals surface area contributed by atoms with Crippen LogP contribution in [0.4, 0.5) is 8.78 Å². The lowest BCUT2D eigenvalue weighted by Gasteiger charge is -2.26. The molecule has 0 aliphatic heterocycles. The van der Waals surface area contributed by atoms with E-state index in [-0.39, 0.29) is 15.6 Å². The molecule has 0 spiro atoms. The van der Waals surface area contributed by atoms with Gasteiger partial charge in [0, 0.05) is 5.56 Å². The Kier molecular flexibility index (Phi) is 5.58. The largest absolute Gasteiger partial charge is 0.366 e. The van der Waals surface area contributed by atoms with Gasteiger partial charge in [0.15, 0.2) is 0 Å². The van der Waals surface area contributed by atoms with Crippen LogP contribution in [-0.2, 0) is 19.4 Å². The minimum atomic E-state index is -3.00. The Morgan fingerprint density at radius 1 is 1.20 bits per heavy atom. The predicted molar refractivity (Wildman–Crippen MR) is 71.2 cm³/mol. The van der Waals surface area contributed by atoms with Crippen LogP contribution in [0.15, 0.2) is 18.2 Å². The second-order valence-corrected chi connectivity index (χ2v) is 5.01. The van der Waals surface area contributed by atoms with Crippen molar-refractivity contribution < 1.29 is 22.6 Å². The minimum absolute atomic E-state index is 0.0262. The van der Waals surface area contributed by atoms with E-state index in [1.54, 1.807) is 0 Å². The molecule has 2 amide bonds. The molecule has 0 aromatic heterocycles. The summed E-state index contributed by atoms with van der Waals surface area (Å²) in [6.45, 7) is 0. The Morgan fingerprint density at radius 2 is 1.75 bits per heavy atom. The quantitative estimate of drug-likeness (QED) is 0.609. The topological polar surface area (TPSA) is 95.4 Å². The van der Waals surface area contributed by atoms with Crippen molar-refractivity contribution in [3.8, 4) is 0 Å².